The van der Waals surface area contributed by atoms with E-state index in [0.717, 1.165) is 12.8 Å². The van der Waals surface area contributed by atoms with Gasteiger partial charge in [-0.1, -0.05) is 0 Å². The standard InChI is InChI=1S/C8H11NOS/c1-7(10)6-11-8(2-3-8)4-5-9/h2-4,6H2,1H3. The number of thioether (sulfide) groups is 1. The van der Waals surface area contributed by atoms with E-state index in [0.29, 0.717) is 12.2 Å². The number of Topliss-reactive ketones (excluding diaryl/α,β-unsaturated/α-hetero) is 1. The molecule has 60 valence electrons. The average Bonchev–Trinajstić information content (AvgIpc) is 2.67. The smallest absolute Gasteiger partial charge is 0.139 e. The van der Waals surface area contributed by atoms with Crippen LogP contribution in [-0.2, 0) is 4.79 Å². The summed E-state index contributed by atoms with van der Waals surface area (Å²) in [6.45, 7) is 1.59. The van der Waals surface area contributed by atoms with E-state index in [4.69, 9.17) is 5.26 Å². The number of rotatable bonds is 4. The number of hydrogen-bond donors (Lipinski definition) is 0. The molecule has 0 atom stereocenters. The van der Waals surface area contributed by atoms with E-state index in [-0.39, 0.29) is 10.5 Å². The third kappa shape index (κ3) is 2.55. The van der Waals surface area contributed by atoms with Crippen molar-refractivity contribution in [2.24, 2.45) is 0 Å². The van der Waals surface area contributed by atoms with Crippen LogP contribution in [0.4, 0.5) is 0 Å². The Morgan fingerprint density at radius 2 is 2.36 bits per heavy atom. The number of nitrogens with zero attached hydrogens (tertiary/aromatic N) is 1. The van der Waals surface area contributed by atoms with Gasteiger partial charge in [0.15, 0.2) is 0 Å². The van der Waals surface area contributed by atoms with Crippen LogP contribution in [0.1, 0.15) is 26.2 Å². The van der Waals surface area contributed by atoms with E-state index in [1.54, 1.807) is 18.7 Å². The van der Waals surface area contributed by atoms with Crippen molar-refractivity contribution in [2.75, 3.05) is 5.75 Å². The molecule has 0 aromatic rings. The summed E-state index contributed by atoms with van der Waals surface area (Å²) in [6, 6.07) is 2.16. The number of carbonyl (C=O) groups excluding carboxylic acids is 1. The minimum atomic E-state index is 0.167. The first kappa shape index (κ1) is 8.61. The fourth-order valence-electron chi connectivity index (χ4n) is 0.910. The number of hydrogen-bond acceptors (Lipinski definition) is 3. The number of ketones is 1. The summed E-state index contributed by atoms with van der Waals surface area (Å²) in [5.74, 6) is 0.779. The maximum absolute atomic E-state index is 10.6. The quantitative estimate of drug-likeness (QED) is 0.643. The van der Waals surface area contributed by atoms with Gasteiger partial charge in [0.25, 0.3) is 0 Å². The van der Waals surface area contributed by atoms with E-state index < -0.39 is 0 Å². The molecule has 0 saturated heterocycles. The third-order valence-corrected chi connectivity index (χ3v) is 3.51. The molecule has 0 unspecified atom stereocenters. The summed E-state index contributed by atoms with van der Waals surface area (Å²) in [5.41, 5.74) is 0. The Morgan fingerprint density at radius 3 is 2.73 bits per heavy atom. The van der Waals surface area contributed by atoms with E-state index >= 15 is 0 Å². The molecule has 1 fully saturated rings. The van der Waals surface area contributed by atoms with Crippen molar-refractivity contribution in [1.82, 2.24) is 0 Å². The van der Waals surface area contributed by atoms with E-state index in [9.17, 15) is 4.79 Å². The van der Waals surface area contributed by atoms with Gasteiger partial charge in [-0.05, 0) is 19.8 Å². The zero-order valence-electron chi connectivity index (χ0n) is 6.59. The molecular weight excluding hydrogens is 158 g/mol. The van der Waals surface area contributed by atoms with Gasteiger partial charge >= 0.3 is 0 Å². The predicted molar refractivity (Wildman–Crippen MR) is 45.3 cm³/mol. The zero-order valence-corrected chi connectivity index (χ0v) is 7.41. The highest BCUT2D eigenvalue weighted by Crippen LogP contribution is 2.50. The van der Waals surface area contributed by atoms with Gasteiger partial charge in [-0.3, -0.25) is 4.79 Å². The predicted octanol–water partition coefficient (Wildman–Crippen LogP) is 1.75. The first-order chi connectivity index (χ1) is 5.18. The largest absolute Gasteiger partial charge is 0.299 e. The van der Waals surface area contributed by atoms with Gasteiger partial charge < -0.3 is 0 Å². The van der Waals surface area contributed by atoms with Gasteiger partial charge in [-0.2, -0.15) is 5.26 Å². The highest BCUT2D eigenvalue weighted by atomic mass is 32.2. The van der Waals surface area contributed by atoms with Crippen LogP contribution in [0.5, 0.6) is 0 Å². The maximum Gasteiger partial charge on any atom is 0.139 e. The van der Waals surface area contributed by atoms with Crippen molar-refractivity contribution in [3.8, 4) is 6.07 Å². The van der Waals surface area contributed by atoms with Crippen LogP contribution in [-0.4, -0.2) is 16.3 Å². The molecule has 2 nitrogen and oxygen atoms in total. The molecule has 0 radical (unpaired) electrons. The number of nitriles is 1. The summed E-state index contributed by atoms with van der Waals surface area (Å²) >= 11 is 1.65. The molecule has 0 N–H and O–H groups in total. The lowest BCUT2D eigenvalue weighted by Gasteiger charge is -2.07. The topological polar surface area (TPSA) is 40.9 Å². The molecule has 1 saturated carbocycles. The van der Waals surface area contributed by atoms with Crippen LogP contribution in [0.2, 0.25) is 0 Å². The Balaban J connectivity index is 2.26. The Bertz CT molecular complexity index is 203. The van der Waals surface area contributed by atoms with Crippen molar-refractivity contribution in [2.45, 2.75) is 30.9 Å². The lowest BCUT2D eigenvalue weighted by Crippen LogP contribution is -2.05. The second kappa shape index (κ2) is 3.27. The van der Waals surface area contributed by atoms with E-state index in [1.807, 2.05) is 0 Å². The lowest BCUT2D eigenvalue weighted by atomic mass is 10.3. The third-order valence-electron chi connectivity index (χ3n) is 1.79. The molecule has 0 spiro atoms. The summed E-state index contributed by atoms with van der Waals surface area (Å²) in [5, 5.41) is 8.46. The van der Waals surface area contributed by atoms with Gasteiger partial charge in [0.05, 0.1) is 11.8 Å². The fourth-order valence-corrected chi connectivity index (χ4v) is 1.98. The van der Waals surface area contributed by atoms with Crippen molar-refractivity contribution < 1.29 is 4.79 Å². The Hall–Kier alpha value is -0.490. The van der Waals surface area contributed by atoms with Crippen molar-refractivity contribution in [1.29, 1.82) is 5.26 Å². The second-order valence-corrected chi connectivity index (χ2v) is 4.45. The van der Waals surface area contributed by atoms with Crippen LogP contribution >= 0.6 is 11.8 Å². The second-order valence-electron chi connectivity index (χ2n) is 3.01. The van der Waals surface area contributed by atoms with Crippen LogP contribution in [0.3, 0.4) is 0 Å². The van der Waals surface area contributed by atoms with Crippen LogP contribution in [0.15, 0.2) is 0 Å². The molecule has 1 aliphatic carbocycles. The van der Waals surface area contributed by atoms with Gasteiger partial charge in [0.2, 0.25) is 0 Å². The fraction of sp³-hybridized carbons (Fsp3) is 0.750. The Kier molecular flexibility index (Phi) is 2.56. The average molecular weight is 169 g/mol. The summed E-state index contributed by atoms with van der Waals surface area (Å²) in [7, 11) is 0. The first-order valence-corrected chi connectivity index (χ1v) is 4.67. The van der Waals surface area contributed by atoms with Crippen LogP contribution in [0, 0.1) is 11.3 Å². The molecule has 0 aromatic heterocycles. The van der Waals surface area contributed by atoms with Crippen LogP contribution in [0.25, 0.3) is 0 Å². The molecule has 0 amide bonds. The SMILES string of the molecule is CC(=O)CSC1(CC#N)CC1. The summed E-state index contributed by atoms with van der Waals surface area (Å²) in [4.78, 5) is 10.6. The van der Waals surface area contributed by atoms with Gasteiger partial charge in [0.1, 0.15) is 5.78 Å². The first-order valence-electron chi connectivity index (χ1n) is 3.69. The molecule has 11 heavy (non-hydrogen) atoms. The molecule has 0 heterocycles. The summed E-state index contributed by atoms with van der Waals surface area (Å²) in [6.07, 6.45) is 2.82. The molecule has 1 rings (SSSR count). The highest BCUT2D eigenvalue weighted by molar-refractivity contribution is 8.01. The molecule has 3 heteroatoms. The Labute approximate surface area is 71.0 Å². The van der Waals surface area contributed by atoms with Crippen molar-refractivity contribution >= 4 is 17.5 Å². The minimum Gasteiger partial charge on any atom is -0.299 e. The highest BCUT2D eigenvalue weighted by Gasteiger charge is 2.42. The molecule has 0 aliphatic heterocycles. The van der Waals surface area contributed by atoms with Crippen LogP contribution < -0.4 is 0 Å². The molecular formula is C8H11NOS. The normalized spacial score (nSPS) is 18.9. The molecule has 0 bridgehead atoms. The van der Waals surface area contributed by atoms with E-state index in [1.165, 1.54) is 0 Å². The molecule has 1 aliphatic rings. The van der Waals surface area contributed by atoms with Crippen molar-refractivity contribution in [3.63, 3.8) is 0 Å². The lowest BCUT2D eigenvalue weighted by molar-refractivity contribution is -0.114. The maximum atomic E-state index is 10.6. The summed E-state index contributed by atoms with van der Waals surface area (Å²) < 4.78 is 0.167. The van der Waals surface area contributed by atoms with E-state index in [2.05, 4.69) is 6.07 Å². The van der Waals surface area contributed by atoms with Gasteiger partial charge in [0, 0.05) is 11.2 Å². The monoisotopic (exact) mass is 169 g/mol. The molecule has 0 aromatic carbocycles. The minimum absolute atomic E-state index is 0.167. The van der Waals surface area contributed by atoms with Crippen molar-refractivity contribution in [3.05, 3.63) is 0 Å². The van der Waals surface area contributed by atoms with Gasteiger partial charge in [-0.25, -0.2) is 0 Å². The number of carbonyl (C=O) groups is 1. The Morgan fingerprint density at radius 1 is 1.73 bits per heavy atom. The zero-order chi connectivity index (χ0) is 8.32. The van der Waals surface area contributed by atoms with Gasteiger partial charge in [-0.15, -0.1) is 11.8 Å².